The molecule has 1 aromatic heterocycles. The minimum absolute atomic E-state index is 0.195. The lowest BCUT2D eigenvalue weighted by molar-refractivity contribution is -0.0118. The second-order valence-corrected chi connectivity index (χ2v) is 3.86. The van der Waals surface area contributed by atoms with Gasteiger partial charge in [-0.1, -0.05) is 0 Å². The summed E-state index contributed by atoms with van der Waals surface area (Å²) >= 11 is 0. The van der Waals surface area contributed by atoms with Crippen LogP contribution in [0.5, 0.6) is 5.88 Å². The summed E-state index contributed by atoms with van der Waals surface area (Å²) in [4.78, 5) is 0. The van der Waals surface area contributed by atoms with Gasteiger partial charge in [0.15, 0.2) is 0 Å². The number of hydrogen-bond acceptors (Lipinski definition) is 4. The van der Waals surface area contributed by atoms with Gasteiger partial charge in [0.1, 0.15) is 12.3 Å². The molecule has 5 heteroatoms. The molecule has 0 radical (unpaired) electrons. The zero-order valence-corrected chi connectivity index (χ0v) is 8.98. The van der Waals surface area contributed by atoms with Crippen molar-refractivity contribution in [2.45, 2.75) is 25.4 Å². The van der Waals surface area contributed by atoms with Gasteiger partial charge in [0.05, 0.1) is 12.3 Å². The van der Waals surface area contributed by atoms with E-state index in [-0.39, 0.29) is 6.10 Å². The van der Waals surface area contributed by atoms with Crippen LogP contribution < -0.4 is 10.5 Å². The topological polar surface area (TPSA) is 62.3 Å². The van der Waals surface area contributed by atoms with Crippen LogP contribution in [0.1, 0.15) is 19.3 Å². The largest absolute Gasteiger partial charge is 0.472 e. The first kappa shape index (κ1) is 10.3. The van der Waals surface area contributed by atoms with Crippen molar-refractivity contribution in [1.29, 1.82) is 0 Å². The number of anilines is 1. The van der Waals surface area contributed by atoms with E-state index in [4.69, 9.17) is 15.2 Å². The standard InChI is InChI=1S/C10H17N3O2/c1-13-6-9(11)10(12-13)15-7-8-4-2-3-5-14-8/h6,8H,2-5,7,11H2,1H3. The van der Waals surface area contributed by atoms with Gasteiger partial charge in [0.2, 0.25) is 0 Å². The van der Waals surface area contributed by atoms with Gasteiger partial charge >= 0.3 is 0 Å². The highest BCUT2D eigenvalue weighted by Gasteiger charge is 2.15. The van der Waals surface area contributed by atoms with E-state index in [1.165, 1.54) is 6.42 Å². The number of aromatic nitrogens is 2. The molecule has 1 fully saturated rings. The lowest BCUT2D eigenvalue weighted by Gasteiger charge is -2.22. The SMILES string of the molecule is Cn1cc(N)c(OCC2CCCCO2)n1. The molecule has 2 N–H and O–H groups in total. The molecule has 84 valence electrons. The van der Waals surface area contributed by atoms with Gasteiger partial charge in [0.25, 0.3) is 5.88 Å². The van der Waals surface area contributed by atoms with Crippen LogP contribution in [0.2, 0.25) is 0 Å². The molecule has 2 rings (SSSR count). The lowest BCUT2D eigenvalue weighted by Crippen LogP contribution is -2.26. The van der Waals surface area contributed by atoms with Crippen molar-refractivity contribution in [1.82, 2.24) is 9.78 Å². The van der Waals surface area contributed by atoms with Crippen LogP contribution in [0.4, 0.5) is 5.69 Å². The summed E-state index contributed by atoms with van der Waals surface area (Å²) in [6.07, 6.45) is 5.36. The predicted octanol–water partition coefficient (Wildman–Crippen LogP) is 0.950. The van der Waals surface area contributed by atoms with Crippen LogP contribution in [-0.4, -0.2) is 29.1 Å². The molecule has 1 atom stereocenters. The maximum Gasteiger partial charge on any atom is 0.256 e. The first-order valence-electron chi connectivity index (χ1n) is 5.29. The Labute approximate surface area is 89.2 Å². The molecular formula is C10H17N3O2. The number of ether oxygens (including phenoxy) is 2. The lowest BCUT2D eigenvalue weighted by atomic mass is 10.1. The second kappa shape index (κ2) is 4.53. The Balaban J connectivity index is 1.84. The Kier molecular flexibility index (Phi) is 3.11. The van der Waals surface area contributed by atoms with Crippen molar-refractivity contribution in [3.05, 3.63) is 6.20 Å². The van der Waals surface area contributed by atoms with Crippen molar-refractivity contribution < 1.29 is 9.47 Å². The molecule has 0 bridgehead atoms. The van der Waals surface area contributed by atoms with Crippen molar-refractivity contribution >= 4 is 5.69 Å². The minimum Gasteiger partial charge on any atom is -0.472 e. The van der Waals surface area contributed by atoms with Crippen LogP contribution in [0.15, 0.2) is 6.20 Å². The van der Waals surface area contributed by atoms with Gasteiger partial charge in [-0.15, -0.1) is 5.10 Å². The summed E-state index contributed by atoms with van der Waals surface area (Å²) in [6, 6.07) is 0. The van der Waals surface area contributed by atoms with Gasteiger partial charge < -0.3 is 15.2 Å². The third-order valence-electron chi connectivity index (χ3n) is 2.50. The minimum atomic E-state index is 0.195. The summed E-state index contributed by atoms with van der Waals surface area (Å²) in [7, 11) is 1.82. The van der Waals surface area contributed by atoms with Crippen LogP contribution in [-0.2, 0) is 11.8 Å². The van der Waals surface area contributed by atoms with E-state index in [1.807, 2.05) is 7.05 Å². The van der Waals surface area contributed by atoms with Crippen molar-refractivity contribution in [3.8, 4) is 5.88 Å². The van der Waals surface area contributed by atoms with Crippen LogP contribution in [0.25, 0.3) is 0 Å². The zero-order chi connectivity index (χ0) is 10.7. The van der Waals surface area contributed by atoms with Gasteiger partial charge in [-0.3, -0.25) is 4.68 Å². The fraction of sp³-hybridized carbons (Fsp3) is 0.700. The molecule has 15 heavy (non-hydrogen) atoms. The Morgan fingerprint density at radius 1 is 1.67 bits per heavy atom. The van der Waals surface area contributed by atoms with Gasteiger partial charge in [-0.25, -0.2) is 0 Å². The van der Waals surface area contributed by atoms with Crippen molar-refractivity contribution in [2.24, 2.45) is 7.05 Å². The molecule has 0 aliphatic carbocycles. The highest BCUT2D eigenvalue weighted by atomic mass is 16.5. The Morgan fingerprint density at radius 3 is 3.13 bits per heavy atom. The van der Waals surface area contributed by atoms with Crippen LogP contribution in [0.3, 0.4) is 0 Å². The van der Waals surface area contributed by atoms with E-state index < -0.39 is 0 Å². The molecule has 5 nitrogen and oxygen atoms in total. The number of hydrogen-bond donors (Lipinski definition) is 1. The monoisotopic (exact) mass is 211 g/mol. The number of nitrogens with zero attached hydrogens (tertiary/aromatic N) is 2. The molecule has 2 heterocycles. The number of nitrogens with two attached hydrogens (primary N) is 1. The van der Waals surface area contributed by atoms with Crippen LogP contribution >= 0.6 is 0 Å². The van der Waals surface area contributed by atoms with Crippen molar-refractivity contribution in [2.75, 3.05) is 18.9 Å². The summed E-state index contributed by atoms with van der Waals surface area (Å²) in [6.45, 7) is 1.38. The van der Waals surface area contributed by atoms with Gasteiger partial charge in [-0.05, 0) is 19.3 Å². The first-order chi connectivity index (χ1) is 7.25. The fourth-order valence-corrected chi connectivity index (χ4v) is 1.71. The number of aryl methyl sites for hydroxylation is 1. The quantitative estimate of drug-likeness (QED) is 0.808. The normalized spacial score (nSPS) is 21.5. The van der Waals surface area contributed by atoms with E-state index in [9.17, 15) is 0 Å². The molecular weight excluding hydrogens is 194 g/mol. The molecule has 1 aliphatic rings. The molecule has 0 spiro atoms. The summed E-state index contributed by atoms with van der Waals surface area (Å²) < 4.78 is 12.7. The molecule has 1 aromatic rings. The van der Waals surface area contributed by atoms with E-state index in [0.29, 0.717) is 18.2 Å². The molecule has 1 unspecified atom stereocenters. The third kappa shape index (κ3) is 2.62. The first-order valence-corrected chi connectivity index (χ1v) is 5.29. The highest BCUT2D eigenvalue weighted by molar-refractivity contribution is 5.45. The maximum atomic E-state index is 5.71. The Hall–Kier alpha value is -1.23. The Morgan fingerprint density at radius 2 is 2.53 bits per heavy atom. The summed E-state index contributed by atoms with van der Waals surface area (Å²) in [5.74, 6) is 0.506. The number of nitrogen functional groups attached to an aromatic ring is 1. The smallest absolute Gasteiger partial charge is 0.256 e. The molecule has 0 aromatic carbocycles. The Bertz CT molecular complexity index is 318. The average molecular weight is 211 g/mol. The summed E-state index contributed by atoms with van der Waals surface area (Å²) in [5.41, 5.74) is 6.28. The predicted molar refractivity (Wildman–Crippen MR) is 56.7 cm³/mol. The van der Waals surface area contributed by atoms with Crippen molar-refractivity contribution in [3.63, 3.8) is 0 Å². The molecule has 1 saturated heterocycles. The van der Waals surface area contributed by atoms with E-state index in [0.717, 1.165) is 19.4 Å². The molecule has 0 saturated carbocycles. The van der Waals surface area contributed by atoms with E-state index in [2.05, 4.69) is 5.10 Å². The maximum absolute atomic E-state index is 5.71. The average Bonchev–Trinajstić information content (AvgIpc) is 2.56. The zero-order valence-electron chi connectivity index (χ0n) is 8.98. The van der Waals surface area contributed by atoms with Gasteiger partial charge in [-0.2, -0.15) is 0 Å². The fourth-order valence-electron chi connectivity index (χ4n) is 1.71. The van der Waals surface area contributed by atoms with E-state index >= 15 is 0 Å². The number of rotatable bonds is 3. The molecule has 1 aliphatic heterocycles. The second-order valence-electron chi connectivity index (χ2n) is 3.86. The van der Waals surface area contributed by atoms with Gasteiger partial charge in [0, 0.05) is 13.7 Å². The highest BCUT2D eigenvalue weighted by Crippen LogP contribution is 2.19. The third-order valence-corrected chi connectivity index (χ3v) is 2.50. The van der Waals surface area contributed by atoms with E-state index in [1.54, 1.807) is 10.9 Å². The van der Waals surface area contributed by atoms with Crippen LogP contribution in [0, 0.1) is 0 Å². The molecule has 0 amide bonds. The summed E-state index contributed by atoms with van der Waals surface area (Å²) in [5, 5.41) is 4.11.